The van der Waals surface area contributed by atoms with Crippen molar-refractivity contribution in [1.82, 2.24) is 30.4 Å². The third kappa shape index (κ3) is 5.96. The first kappa shape index (κ1) is 26.6. The van der Waals surface area contributed by atoms with Gasteiger partial charge >= 0.3 is 0 Å². The highest BCUT2D eigenvalue weighted by Gasteiger charge is 2.36. The number of amides is 2. The van der Waals surface area contributed by atoms with E-state index in [2.05, 4.69) is 20.7 Å². The van der Waals surface area contributed by atoms with Crippen molar-refractivity contribution in [1.29, 1.82) is 0 Å². The van der Waals surface area contributed by atoms with Crippen molar-refractivity contribution >= 4 is 11.8 Å². The van der Waals surface area contributed by atoms with E-state index < -0.39 is 6.04 Å². The molecule has 12 nitrogen and oxygen atoms in total. The number of tetrazole rings is 1. The average Bonchev–Trinajstić information content (AvgIpc) is 3.77. The molecule has 1 N–H and O–H groups in total. The minimum Gasteiger partial charge on any atom is -0.464 e. The van der Waals surface area contributed by atoms with Crippen molar-refractivity contribution in [3.05, 3.63) is 65.3 Å². The van der Waals surface area contributed by atoms with Gasteiger partial charge < -0.3 is 28.5 Å². The Bertz CT molecular complexity index is 1530. The van der Waals surface area contributed by atoms with Gasteiger partial charge in [-0.05, 0) is 73.9 Å². The van der Waals surface area contributed by atoms with Crippen LogP contribution in [0.5, 0.6) is 11.5 Å². The summed E-state index contributed by atoms with van der Waals surface area (Å²) in [5, 5.41) is 15.6. The third-order valence-electron chi connectivity index (χ3n) is 7.34. The topological polar surface area (TPSA) is 138 Å². The van der Waals surface area contributed by atoms with Gasteiger partial charge in [-0.15, -0.1) is 10.2 Å². The van der Waals surface area contributed by atoms with Gasteiger partial charge in [0.05, 0.1) is 0 Å². The van der Waals surface area contributed by atoms with Crippen molar-refractivity contribution in [2.45, 2.75) is 71.1 Å². The Morgan fingerprint density at radius 2 is 1.78 bits per heavy atom. The summed E-state index contributed by atoms with van der Waals surface area (Å²) in [7, 11) is 0. The second kappa shape index (κ2) is 11.5. The molecule has 4 heterocycles. The van der Waals surface area contributed by atoms with Gasteiger partial charge in [-0.1, -0.05) is 25.3 Å². The van der Waals surface area contributed by atoms with Crippen LogP contribution >= 0.6 is 0 Å². The maximum absolute atomic E-state index is 14.0. The Morgan fingerprint density at radius 1 is 1.00 bits per heavy atom. The Kier molecular flexibility index (Phi) is 7.45. The molecule has 1 aliphatic carbocycles. The van der Waals surface area contributed by atoms with Crippen molar-refractivity contribution in [2.75, 3.05) is 6.79 Å². The number of nitrogens with zero attached hydrogens (tertiary/aromatic N) is 5. The van der Waals surface area contributed by atoms with Crippen LogP contribution in [-0.2, 0) is 22.7 Å². The smallest absolute Gasteiger partial charge is 0.250 e. The lowest BCUT2D eigenvalue weighted by atomic mass is 9.95. The molecule has 1 aliphatic heterocycles. The van der Waals surface area contributed by atoms with Gasteiger partial charge in [0.25, 0.3) is 5.91 Å². The fourth-order valence-corrected chi connectivity index (χ4v) is 5.29. The van der Waals surface area contributed by atoms with E-state index in [0.29, 0.717) is 34.5 Å². The van der Waals surface area contributed by atoms with E-state index in [1.165, 1.54) is 9.70 Å². The third-order valence-corrected chi connectivity index (χ3v) is 7.34. The molecule has 214 valence electrons. The molecule has 0 spiro atoms. The summed E-state index contributed by atoms with van der Waals surface area (Å²) in [4.78, 5) is 30.6. The Hall–Kier alpha value is -4.61. The number of ether oxygens (including phenoxy) is 2. The van der Waals surface area contributed by atoms with Crippen LogP contribution in [0.1, 0.15) is 61.0 Å². The van der Waals surface area contributed by atoms with Gasteiger partial charge in [-0.3, -0.25) is 9.59 Å². The van der Waals surface area contributed by atoms with Crippen molar-refractivity contribution in [2.24, 2.45) is 0 Å². The van der Waals surface area contributed by atoms with Crippen molar-refractivity contribution in [3.8, 4) is 23.1 Å². The summed E-state index contributed by atoms with van der Waals surface area (Å²) in [5.74, 6) is 2.98. The number of hydrogen-bond acceptors (Lipinski definition) is 9. The summed E-state index contributed by atoms with van der Waals surface area (Å²) in [5.41, 5.74) is 0.764. The monoisotopic (exact) mass is 560 g/mol. The second-order valence-corrected chi connectivity index (χ2v) is 10.5. The number of fused-ring (bicyclic) bond motifs is 1. The summed E-state index contributed by atoms with van der Waals surface area (Å²) in [6.45, 7) is 3.62. The Balaban J connectivity index is 1.32. The molecule has 0 saturated heterocycles. The molecule has 2 aliphatic rings. The summed E-state index contributed by atoms with van der Waals surface area (Å²) in [6.07, 6.45) is 5.09. The SMILES string of the molecule is Cc1ccc(-c2nnn(CC(=O)N(Cc3ccc4c(c3)OCO4)C(C(=O)NC3CCCCC3)c3ccc(C)o3)n2)o1. The van der Waals surface area contributed by atoms with Gasteiger partial charge in [0, 0.05) is 12.6 Å². The summed E-state index contributed by atoms with van der Waals surface area (Å²) < 4.78 is 22.5. The fourth-order valence-electron chi connectivity index (χ4n) is 5.29. The van der Waals surface area contributed by atoms with E-state index in [-0.39, 0.29) is 43.6 Å². The molecule has 2 amide bonds. The number of aromatic nitrogens is 4. The molecule has 1 unspecified atom stereocenters. The van der Waals surface area contributed by atoms with E-state index in [1.807, 2.05) is 19.1 Å². The normalized spacial score (nSPS) is 15.6. The highest BCUT2D eigenvalue weighted by molar-refractivity contribution is 5.88. The maximum atomic E-state index is 14.0. The number of furan rings is 2. The van der Waals surface area contributed by atoms with Crippen LogP contribution in [0.25, 0.3) is 11.6 Å². The number of aryl methyl sites for hydroxylation is 2. The number of benzene rings is 1. The zero-order valence-corrected chi connectivity index (χ0v) is 23.0. The standard InChI is InChI=1S/C29H32N6O6/c1-18-8-11-23(40-18)27(29(37)30-21-6-4-3-5-7-21)34(15-20-10-13-22-25(14-20)39-17-38-22)26(36)16-35-32-28(31-33-35)24-12-9-19(2)41-24/h8-14,21,27H,3-7,15-17H2,1-2H3,(H,30,37). The molecule has 0 bridgehead atoms. The zero-order valence-electron chi connectivity index (χ0n) is 23.0. The first-order valence-electron chi connectivity index (χ1n) is 13.8. The highest BCUT2D eigenvalue weighted by Crippen LogP contribution is 2.34. The minimum atomic E-state index is -1.01. The molecule has 12 heteroatoms. The van der Waals surface area contributed by atoms with E-state index in [4.69, 9.17) is 18.3 Å². The lowest BCUT2D eigenvalue weighted by Gasteiger charge is -2.32. The van der Waals surface area contributed by atoms with Crippen LogP contribution in [0.2, 0.25) is 0 Å². The molecule has 1 saturated carbocycles. The molecule has 41 heavy (non-hydrogen) atoms. The van der Waals surface area contributed by atoms with Gasteiger partial charge in [-0.2, -0.15) is 4.80 Å². The summed E-state index contributed by atoms with van der Waals surface area (Å²) in [6, 6.07) is 11.6. The first-order valence-corrected chi connectivity index (χ1v) is 13.8. The molecule has 1 fully saturated rings. The number of rotatable bonds is 9. The molecule has 3 aromatic heterocycles. The van der Waals surface area contributed by atoms with Crippen molar-refractivity contribution < 1.29 is 27.9 Å². The number of carbonyl (C=O) groups excluding carboxylic acids is 2. The van der Waals surface area contributed by atoms with Gasteiger partial charge in [0.2, 0.25) is 18.5 Å². The quantitative estimate of drug-likeness (QED) is 0.321. The lowest BCUT2D eigenvalue weighted by Crippen LogP contribution is -2.47. The predicted octanol–water partition coefficient (Wildman–Crippen LogP) is 4.09. The van der Waals surface area contributed by atoms with Crippen LogP contribution in [0.15, 0.2) is 51.3 Å². The Labute approximate surface area is 236 Å². The molecular formula is C29H32N6O6. The number of carbonyl (C=O) groups is 2. The average molecular weight is 561 g/mol. The van der Waals surface area contributed by atoms with Gasteiger partial charge in [0.1, 0.15) is 23.8 Å². The minimum absolute atomic E-state index is 0.0496. The molecule has 1 atom stereocenters. The molecule has 6 rings (SSSR count). The largest absolute Gasteiger partial charge is 0.464 e. The predicted molar refractivity (Wildman–Crippen MR) is 145 cm³/mol. The highest BCUT2D eigenvalue weighted by atomic mass is 16.7. The fraction of sp³-hybridized carbons (Fsp3) is 0.414. The van der Waals surface area contributed by atoms with E-state index in [9.17, 15) is 9.59 Å². The van der Waals surface area contributed by atoms with Crippen LogP contribution in [0.3, 0.4) is 0 Å². The van der Waals surface area contributed by atoms with E-state index in [1.54, 1.807) is 37.3 Å². The zero-order chi connectivity index (χ0) is 28.3. The second-order valence-electron chi connectivity index (χ2n) is 10.5. The van der Waals surface area contributed by atoms with Gasteiger partial charge in [0.15, 0.2) is 23.3 Å². The van der Waals surface area contributed by atoms with Crippen LogP contribution in [0.4, 0.5) is 0 Å². The van der Waals surface area contributed by atoms with E-state index in [0.717, 1.165) is 37.7 Å². The first-order chi connectivity index (χ1) is 19.9. The molecule has 4 aromatic rings. The maximum Gasteiger partial charge on any atom is 0.250 e. The lowest BCUT2D eigenvalue weighted by molar-refractivity contribution is -0.143. The molecule has 1 aromatic carbocycles. The molecule has 0 radical (unpaired) electrons. The number of nitrogens with one attached hydrogen (secondary N) is 1. The summed E-state index contributed by atoms with van der Waals surface area (Å²) >= 11 is 0. The van der Waals surface area contributed by atoms with Gasteiger partial charge in [-0.25, -0.2) is 0 Å². The van der Waals surface area contributed by atoms with E-state index >= 15 is 0 Å². The Morgan fingerprint density at radius 3 is 2.54 bits per heavy atom. The number of hydrogen-bond donors (Lipinski definition) is 1. The van der Waals surface area contributed by atoms with Crippen molar-refractivity contribution in [3.63, 3.8) is 0 Å². The van der Waals surface area contributed by atoms with Crippen LogP contribution < -0.4 is 14.8 Å². The van der Waals surface area contributed by atoms with Crippen LogP contribution in [0, 0.1) is 13.8 Å². The molecular weight excluding hydrogens is 528 g/mol. The van der Waals surface area contributed by atoms with Crippen LogP contribution in [-0.4, -0.2) is 49.8 Å².